The maximum absolute atomic E-state index is 12.3. The van der Waals surface area contributed by atoms with E-state index in [2.05, 4.69) is 0 Å². The second-order valence-corrected chi connectivity index (χ2v) is 5.28. The van der Waals surface area contributed by atoms with E-state index >= 15 is 0 Å². The van der Waals surface area contributed by atoms with Gasteiger partial charge in [0.25, 0.3) is 0 Å². The summed E-state index contributed by atoms with van der Waals surface area (Å²) in [5.41, 5.74) is 0.405. The molecule has 0 bridgehead atoms. The number of ketones is 1. The van der Waals surface area contributed by atoms with Gasteiger partial charge in [0.05, 0.1) is 19.1 Å². The summed E-state index contributed by atoms with van der Waals surface area (Å²) in [7, 11) is 1.62. The van der Waals surface area contributed by atoms with Crippen LogP contribution in [-0.2, 0) is 0 Å². The van der Waals surface area contributed by atoms with Gasteiger partial charge in [-0.25, -0.2) is 0 Å². The largest absolute Gasteiger partial charge is 0.493 e. The zero-order chi connectivity index (χ0) is 12.6. The number of fused-ring (bicyclic) bond motifs is 1. The number of carbonyl (C=O) groups excluding carboxylic acids is 1. The monoisotopic (exact) mass is 246 g/mol. The van der Waals surface area contributed by atoms with Crippen LogP contribution in [0, 0.1) is 0 Å². The first-order chi connectivity index (χ1) is 8.74. The molecule has 1 aromatic rings. The summed E-state index contributed by atoms with van der Waals surface area (Å²) in [6, 6.07) is 5.53. The van der Waals surface area contributed by atoms with Gasteiger partial charge in [-0.2, -0.15) is 0 Å². The fourth-order valence-electron chi connectivity index (χ4n) is 3.12. The molecule has 3 nitrogen and oxygen atoms in total. The number of carbonyl (C=O) groups is 1. The van der Waals surface area contributed by atoms with Crippen LogP contribution in [0.15, 0.2) is 18.2 Å². The van der Waals surface area contributed by atoms with E-state index in [0.29, 0.717) is 23.5 Å². The Morgan fingerprint density at radius 1 is 1.22 bits per heavy atom. The highest BCUT2D eigenvalue weighted by atomic mass is 16.5. The Labute approximate surface area is 107 Å². The summed E-state index contributed by atoms with van der Waals surface area (Å²) in [4.78, 5) is 12.3. The van der Waals surface area contributed by atoms with E-state index in [-0.39, 0.29) is 11.4 Å². The summed E-state index contributed by atoms with van der Waals surface area (Å²) in [5.74, 6) is 1.51. The molecule has 3 rings (SSSR count). The van der Waals surface area contributed by atoms with Crippen molar-refractivity contribution in [2.45, 2.75) is 44.1 Å². The van der Waals surface area contributed by atoms with E-state index in [1.165, 1.54) is 6.42 Å². The van der Waals surface area contributed by atoms with Gasteiger partial charge in [-0.15, -0.1) is 0 Å². The molecule has 0 unspecified atom stereocenters. The first-order valence-corrected chi connectivity index (χ1v) is 6.63. The molecule has 1 aliphatic heterocycles. The lowest BCUT2D eigenvalue weighted by Crippen LogP contribution is -2.43. The van der Waals surface area contributed by atoms with Gasteiger partial charge >= 0.3 is 0 Å². The predicted octanol–water partition coefficient (Wildman–Crippen LogP) is 3.36. The van der Waals surface area contributed by atoms with E-state index in [1.54, 1.807) is 7.11 Å². The highest BCUT2D eigenvalue weighted by molar-refractivity contribution is 6.01. The molecule has 0 amide bonds. The molecule has 0 saturated heterocycles. The predicted molar refractivity (Wildman–Crippen MR) is 68.4 cm³/mol. The quantitative estimate of drug-likeness (QED) is 0.762. The molecule has 0 N–H and O–H groups in total. The van der Waals surface area contributed by atoms with Gasteiger partial charge in [0.1, 0.15) is 5.60 Å². The van der Waals surface area contributed by atoms with Crippen molar-refractivity contribution in [2.24, 2.45) is 0 Å². The van der Waals surface area contributed by atoms with Gasteiger partial charge in [0.2, 0.25) is 0 Å². The Balaban J connectivity index is 2.02. The first-order valence-electron chi connectivity index (χ1n) is 6.63. The first kappa shape index (κ1) is 11.6. The third-order valence-electron chi connectivity index (χ3n) is 4.07. The summed E-state index contributed by atoms with van der Waals surface area (Å²) in [6.07, 6.45) is 6.03. The van der Waals surface area contributed by atoms with Crippen LogP contribution in [0.5, 0.6) is 11.5 Å². The van der Waals surface area contributed by atoms with Crippen molar-refractivity contribution in [1.29, 1.82) is 0 Å². The molecule has 1 saturated carbocycles. The normalized spacial score (nSPS) is 21.3. The Morgan fingerprint density at radius 2 is 2.00 bits per heavy atom. The number of para-hydroxylation sites is 1. The molecule has 18 heavy (non-hydrogen) atoms. The lowest BCUT2D eigenvalue weighted by molar-refractivity contribution is 0.0116. The summed E-state index contributed by atoms with van der Waals surface area (Å²) in [6.45, 7) is 0. The number of hydrogen-bond acceptors (Lipinski definition) is 3. The van der Waals surface area contributed by atoms with Gasteiger partial charge in [-0.1, -0.05) is 12.5 Å². The summed E-state index contributed by atoms with van der Waals surface area (Å²) < 4.78 is 11.5. The molecular formula is C15H18O3. The molecule has 1 heterocycles. The van der Waals surface area contributed by atoms with E-state index in [9.17, 15) is 4.79 Å². The zero-order valence-electron chi connectivity index (χ0n) is 10.7. The van der Waals surface area contributed by atoms with Crippen LogP contribution < -0.4 is 9.47 Å². The SMILES string of the molecule is COc1cccc2c1OC1(CCCCC1)CC2=O. The standard InChI is InChI=1S/C15H18O3/c1-17-13-7-5-6-11-12(16)10-15(18-14(11)13)8-3-2-4-9-15/h5-7H,2-4,8-10H2,1H3. The molecule has 2 aliphatic rings. The second kappa shape index (κ2) is 4.30. The number of ether oxygens (including phenoxy) is 2. The van der Waals surface area contributed by atoms with Crippen LogP contribution in [0.3, 0.4) is 0 Å². The number of Topliss-reactive ketones (excluding diaryl/α,β-unsaturated/α-hetero) is 1. The van der Waals surface area contributed by atoms with Gasteiger partial charge < -0.3 is 9.47 Å². The molecule has 3 heteroatoms. The topological polar surface area (TPSA) is 35.5 Å². The highest BCUT2D eigenvalue weighted by Gasteiger charge is 2.42. The molecular weight excluding hydrogens is 228 g/mol. The van der Waals surface area contributed by atoms with Crippen LogP contribution in [0.2, 0.25) is 0 Å². The number of methoxy groups -OCH3 is 1. The van der Waals surface area contributed by atoms with Crippen molar-refractivity contribution in [3.8, 4) is 11.5 Å². The van der Waals surface area contributed by atoms with Crippen molar-refractivity contribution < 1.29 is 14.3 Å². The van der Waals surface area contributed by atoms with Crippen molar-refractivity contribution in [2.75, 3.05) is 7.11 Å². The molecule has 96 valence electrons. The maximum atomic E-state index is 12.3. The van der Waals surface area contributed by atoms with E-state index < -0.39 is 0 Å². The highest BCUT2D eigenvalue weighted by Crippen LogP contribution is 2.45. The molecule has 0 atom stereocenters. The molecule has 0 radical (unpaired) electrons. The van der Waals surface area contributed by atoms with Crippen LogP contribution in [0.1, 0.15) is 48.9 Å². The van der Waals surface area contributed by atoms with Gasteiger partial charge in [0, 0.05) is 0 Å². The third-order valence-corrected chi connectivity index (χ3v) is 4.07. The number of hydrogen-bond donors (Lipinski definition) is 0. The smallest absolute Gasteiger partial charge is 0.172 e. The maximum Gasteiger partial charge on any atom is 0.172 e. The van der Waals surface area contributed by atoms with Crippen molar-refractivity contribution in [3.63, 3.8) is 0 Å². The lowest BCUT2D eigenvalue weighted by Gasteiger charge is -2.40. The zero-order valence-corrected chi connectivity index (χ0v) is 10.7. The van der Waals surface area contributed by atoms with Crippen molar-refractivity contribution in [3.05, 3.63) is 23.8 Å². The van der Waals surface area contributed by atoms with Gasteiger partial charge in [-0.3, -0.25) is 4.79 Å². The molecule has 1 fully saturated rings. The third kappa shape index (κ3) is 1.78. The van der Waals surface area contributed by atoms with E-state index in [0.717, 1.165) is 25.7 Å². The van der Waals surface area contributed by atoms with Crippen LogP contribution in [0.4, 0.5) is 0 Å². The van der Waals surface area contributed by atoms with Gasteiger partial charge in [0.15, 0.2) is 17.3 Å². The van der Waals surface area contributed by atoms with E-state index in [4.69, 9.17) is 9.47 Å². The number of rotatable bonds is 1. The van der Waals surface area contributed by atoms with Crippen LogP contribution >= 0.6 is 0 Å². The second-order valence-electron chi connectivity index (χ2n) is 5.28. The Kier molecular flexibility index (Phi) is 2.77. The fourth-order valence-corrected chi connectivity index (χ4v) is 3.12. The minimum atomic E-state index is -0.267. The van der Waals surface area contributed by atoms with Crippen molar-refractivity contribution >= 4 is 5.78 Å². The molecule has 0 aromatic heterocycles. The Hall–Kier alpha value is -1.51. The van der Waals surface area contributed by atoms with Crippen molar-refractivity contribution in [1.82, 2.24) is 0 Å². The Morgan fingerprint density at radius 3 is 2.72 bits per heavy atom. The lowest BCUT2D eigenvalue weighted by atomic mass is 9.78. The summed E-state index contributed by atoms with van der Waals surface area (Å²) in [5, 5.41) is 0. The number of benzene rings is 1. The average molecular weight is 246 g/mol. The van der Waals surface area contributed by atoms with Crippen LogP contribution in [0.25, 0.3) is 0 Å². The average Bonchev–Trinajstić information content (AvgIpc) is 2.39. The minimum absolute atomic E-state index is 0.192. The van der Waals surface area contributed by atoms with Crippen LogP contribution in [-0.4, -0.2) is 18.5 Å². The minimum Gasteiger partial charge on any atom is -0.493 e. The fraction of sp³-hybridized carbons (Fsp3) is 0.533. The van der Waals surface area contributed by atoms with E-state index in [1.807, 2.05) is 18.2 Å². The van der Waals surface area contributed by atoms with Gasteiger partial charge in [-0.05, 0) is 37.8 Å². The Bertz CT molecular complexity index is 473. The molecule has 1 aromatic carbocycles. The molecule has 1 aliphatic carbocycles. The molecule has 1 spiro atoms. The summed E-state index contributed by atoms with van der Waals surface area (Å²) >= 11 is 0.